The van der Waals surface area contributed by atoms with Gasteiger partial charge < -0.3 is 4.90 Å². The third-order valence-corrected chi connectivity index (χ3v) is 7.05. The first-order chi connectivity index (χ1) is 12.2. The van der Waals surface area contributed by atoms with Crippen LogP contribution in [-0.4, -0.2) is 77.4 Å². The van der Waals surface area contributed by atoms with Crippen molar-refractivity contribution in [3.63, 3.8) is 0 Å². The molecule has 5 heteroatoms. The molecule has 0 aliphatic carbocycles. The highest BCUT2D eigenvalue weighted by atomic mass is 32.2. The second-order valence-electron chi connectivity index (χ2n) is 7.61. The van der Waals surface area contributed by atoms with E-state index < -0.39 is 0 Å². The summed E-state index contributed by atoms with van der Waals surface area (Å²) in [6.07, 6.45) is 3.14. The van der Waals surface area contributed by atoms with Crippen LogP contribution in [0.4, 0.5) is 0 Å². The summed E-state index contributed by atoms with van der Waals surface area (Å²) < 4.78 is 0. The van der Waals surface area contributed by atoms with E-state index in [4.69, 9.17) is 0 Å². The zero-order chi connectivity index (χ0) is 17.2. The second kappa shape index (κ2) is 7.68. The maximum atomic E-state index is 13.1. The molecule has 2 saturated heterocycles. The summed E-state index contributed by atoms with van der Waals surface area (Å²) in [5.41, 5.74) is 2.72. The highest BCUT2D eigenvalue weighted by Gasteiger charge is 2.34. The molecule has 0 spiro atoms. The van der Waals surface area contributed by atoms with E-state index in [2.05, 4.69) is 57.8 Å². The van der Waals surface area contributed by atoms with Gasteiger partial charge in [-0.15, -0.1) is 0 Å². The van der Waals surface area contributed by atoms with Crippen molar-refractivity contribution in [2.75, 3.05) is 44.7 Å². The van der Waals surface area contributed by atoms with Crippen molar-refractivity contribution in [2.45, 2.75) is 37.9 Å². The molecule has 3 heterocycles. The summed E-state index contributed by atoms with van der Waals surface area (Å²) in [7, 11) is 2.09. The van der Waals surface area contributed by atoms with Gasteiger partial charge in [-0.1, -0.05) is 24.3 Å². The molecule has 0 saturated carbocycles. The predicted octanol–water partition coefficient (Wildman–Crippen LogP) is 2.08. The number of benzene rings is 1. The first-order valence-corrected chi connectivity index (χ1v) is 10.8. The van der Waals surface area contributed by atoms with E-state index in [1.165, 1.54) is 35.7 Å². The number of likely N-dealkylation sites (N-methyl/N-ethyl adjacent to an activating group) is 1. The number of rotatable bonds is 2. The van der Waals surface area contributed by atoms with E-state index in [1.54, 1.807) is 0 Å². The summed E-state index contributed by atoms with van der Waals surface area (Å²) in [5, 5.41) is 0. The lowest BCUT2D eigenvalue weighted by molar-refractivity contribution is -0.138. The van der Waals surface area contributed by atoms with Crippen molar-refractivity contribution < 1.29 is 4.79 Å². The minimum Gasteiger partial charge on any atom is -0.341 e. The van der Waals surface area contributed by atoms with Crippen molar-refractivity contribution in [1.82, 2.24) is 14.7 Å². The first-order valence-electron chi connectivity index (χ1n) is 9.60. The maximum absolute atomic E-state index is 13.1. The highest BCUT2D eigenvalue weighted by molar-refractivity contribution is 7.99. The fourth-order valence-corrected chi connectivity index (χ4v) is 5.47. The van der Waals surface area contributed by atoms with Gasteiger partial charge in [-0.05, 0) is 37.4 Å². The van der Waals surface area contributed by atoms with Crippen molar-refractivity contribution >= 4 is 17.7 Å². The third kappa shape index (κ3) is 3.74. The Morgan fingerprint density at radius 3 is 2.44 bits per heavy atom. The molecule has 0 radical (unpaired) electrons. The van der Waals surface area contributed by atoms with Gasteiger partial charge in [0.2, 0.25) is 5.91 Å². The van der Waals surface area contributed by atoms with Crippen molar-refractivity contribution in [3.8, 4) is 0 Å². The van der Waals surface area contributed by atoms with Gasteiger partial charge in [0.15, 0.2) is 0 Å². The zero-order valence-electron chi connectivity index (χ0n) is 15.2. The second-order valence-corrected chi connectivity index (χ2v) is 8.83. The molecular weight excluding hydrogens is 330 g/mol. The first kappa shape index (κ1) is 17.4. The average molecular weight is 360 g/mol. The number of carbonyl (C=O) groups excluding carboxylic acids is 1. The molecule has 136 valence electrons. The number of carbonyl (C=O) groups is 1. The van der Waals surface area contributed by atoms with Gasteiger partial charge in [-0.3, -0.25) is 14.6 Å². The topological polar surface area (TPSA) is 26.8 Å². The fourth-order valence-electron chi connectivity index (χ4n) is 4.53. The third-order valence-electron chi connectivity index (χ3n) is 6.11. The molecule has 4 rings (SSSR count). The van der Waals surface area contributed by atoms with Crippen LogP contribution in [0.25, 0.3) is 0 Å². The van der Waals surface area contributed by atoms with E-state index in [1.807, 2.05) is 0 Å². The Balaban J connectivity index is 1.36. The number of piperidine rings is 1. The predicted molar refractivity (Wildman–Crippen MR) is 104 cm³/mol. The minimum absolute atomic E-state index is 0.0119. The van der Waals surface area contributed by atoms with E-state index in [-0.39, 0.29) is 6.04 Å². The van der Waals surface area contributed by atoms with Gasteiger partial charge >= 0.3 is 0 Å². The van der Waals surface area contributed by atoms with Crippen molar-refractivity contribution in [3.05, 3.63) is 35.4 Å². The smallest absolute Gasteiger partial charge is 0.240 e. The number of fused-ring (bicyclic) bond motifs is 1. The van der Waals surface area contributed by atoms with Crippen LogP contribution in [0.15, 0.2) is 24.3 Å². The van der Waals surface area contributed by atoms with Gasteiger partial charge in [0.25, 0.3) is 0 Å². The van der Waals surface area contributed by atoms with Crippen LogP contribution in [0.1, 0.15) is 24.0 Å². The average Bonchev–Trinajstić information content (AvgIpc) is 2.68. The van der Waals surface area contributed by atoms with Crippen LogP contribution >= 0.6 is 11.8 Å². The molecule has 1 aromatic carbocycles. The van der Waals surface area contributed by atoms with Crippen LogP contribution in [0.5, 0.6) is 0 Å². The summed E-state index contributed by atoms with van der Waals surface area (Å²) in [6.45, 7) is 5.20. The standard InChI is InChI=1S/C20H29N3OS/c1-21-15-17-5-3-2-4-16(17)14-19(21)20(24)23-8-6-18(7-9-23)22-10-12-25-13-11-22/h2-5,18-19H,6-15H2,1H3/t19-/m0/s1. The molecular formula is C20H29N3OS. The number of hydrogen-bond acceptors (Lipinski definition) is 4. The fraction of sp³-hybridized carbons (Fsp3) is 0.650. The summed E-state index contributed by atoms with van der Waals surface area (Å²) in [4.78, 5) is 20.1. The Bertz CT molecular complexity index is 609. The largest absolute Gasteiger partial charge is 0.341 e. The Labute approximate surface area is 155 Å². The van der Waals surface area contributed by atoms with E-state index in [0.29, 0.717) is 11.9 Å². The number of hydrogen-bond donors (Lipinski definition) is 0. The summed E-state index contributed by atoms with van der Waals surface area (Å²) >= 11 is 2.07. The summed E-state index contributed by atoms with van der Waals surface area (Å²) in [5.74, 6) is 2.88. The number of nitrogens with zero attached hydrogens (tertiary/aromatic N) is 3. The molecule has 3 aliphatic heterocycles. The van der Waals surface area contributed by atoms with Gasteiger partial charge in [0.05, 0.1) is 6.04 Å². The van der Waals surface area contributed by atoms with E-state index >= 15 is 0 Å². The highest BCUT2D eigenvalue weighted by Crippen LogP contribution is 2.25. The SMILES string of the molecule is CN1Cc2ccccc2C[C@H]1C(=O)N1CCC(N2CCSCC2)CC1. The van der Waals surface area contributed by atoms with Crippen LogP contribution in [0, 0.1) is 0 Å². The number of amides is 1. The molecule has 1 atom stereocenters. The zero-order valence-corrected chi connectivity index (χ0v) is 16.0. The Kier molecular flexibility index (Phi) is 5.34. The van der Waals surface area contributed by atoms with Gasteiger partial charge in [-0.25, -0.2) is 0 Å². The lowest BCUT2D eigenvalue weighted by Crippen LogP contribution is -2.54. The number of likely N-dealkylation sites (tertiary alicyclic amines) is 1. The molecule has 0 unspecified atom stereocenters. The summed E-state index contributed by atoms with van der Waals surface area (Å²) in [6, 6.07) is 9.26. The van der Waals surface area contributed by atoms with Crippen LogP contribution in [-0.2, 0) is 17.8 Å². The molecule has 1 amide bonds. The normalized spacial score (nSPS) is 26.4. The van der Waals surface area contributed by atoms with Gasteiger partial charge in [0.1, 0.15) is 0 Å². The van der Waals surface area contributed by atoms with Gasteiger partial charge in [-0.2, -0.15) is 11.8 Å². The number of thioether (sulfide) groups is 1. The van der Waals surface area contributed by atoms with Crippen molar-refractivity contribution in [2.24, 2.45) is 0 Å². The quantitative estimate of drug-likeness (QED) is 0.808. The van der Waals surface area contributed by atoms with E-state index in [9.17, 15) is 4.79 Å². The molecule has 2 fully saturated rings. The molecule has 0 N–H and O–H groups in total. The molecule has 1 aromatic rings. The van der Waals surface area contributed by atoms with Crippen LogP contribution < -0.4 is 0 Å². The molecule has 0 bridgehead atoms. The van der Waals surface area contributed by atoms with E-state index in [0.717, 1.165) is 38.9 Å². The molecule has 25 heavy (non-hydrogen) atoms. The Morgan fingerprint density at radius 2 is 1.72 bits per heavy atom. The molecule has 3 aliphatic rings. The maximum Gasteiger partial charge on any atom is 0.240 e. The van der Waals surface area contributed by atoms with Crippen LogP contribution in [0.2, 0.25) is 0 Å². The molecule has 4 nitrogen and oxygen atoms in total. The lowest BCUT2D eigenvalue weighted by atomic mass is 9.93. The Morgan fingerprint density at radius 1 is 1.04 bits per heavy atom. The molecule has 0 aromatic heterocycles. The Hall–Kier alpha value is -1.04. The van der Waals surface area contributed by atoms with Crippen molar-refractivity contribution in [1.29, 1.82) is 0 Å². The monoisotopic (exact) mass is 359 g/mol. The minimum atomic E-state index is 0.0119. The van der Waals surface area contributed by atoms with Crippen LogP contribution in [0.3, 0.4) is 0 Å². The van der Waals surface area contributed by atoms with Gasteiger partial charge in [0, 0.05) is 50.3 Å². The lowest BCUT2D eigenvalue weighted by Gasteiger charge is -2.42.